The van der Waals surface area contributed by atoms with Crippen molar-refractivity contribution in [2.75, 3.05) is 32.8 Å². The number of esters is 1. The Labute approximate surface area is 121 Å². The monoisotopic (exact) mass is 282 g/mol. The number of amides is 1. The average molecular weight is 282 g/mol. The Kier molecular flexibility index (Phi) is 5.40. The molecule has 114 valence electrons. The third kappa shape index (κ3) is 3.51. The van der Waals surface area contributed by atoms with Crippen molar-refractivity contribution >= 4 is 11.9 Å². The molecule has 0 aromatic rings. The fraction of sp³-hybridized carbons (Fsp3) is 0.867. The first kappa shape index (κ1) is 15.3. The van der Waals surface area contributed by atoms with Crippen LogP contribution in [-0.2, 0) is 14.3 Å². The molecule has 0 saturated carbocycles. The van der Waals surface area contributed by atoms with Crippen LogP contribution in [0.4, 0.5) is 0 Å². The minimum Gasteiger partial charge on any atom is -0.466 e. The van der Waals surface area contributed by atoms with Crippen LogP contribution in [0.1, 0.15) is 39.5 Å². The normalized spacial score (nSPS) is 22.8. The minimum absolute atomic E-state index is 0.0142. The second-order valence-electron chi connectivity index (χ2n) is 5.77. The second kappa shape index (κ2) is 7.07. The third-order valence-electron chi connectivity index (χ3n) is 4.47. The molecule has 2 aliphatic rings. The van der Waals surface area contributed by atoms with Gasteiger partial charge in [0.1, 0.15) is 0 Å². The molecule has 0 aliphatic carbocycles. The van der Waals surface area contributed by atoms with Gasteiger partial charge in [0.25, 0.3) is 0 Å². The largest absolute Gasteiger partial charge is 0.466 e. The summed E-state index contributed by atoms with van der Waals surface area (Å²) in [5, 5.41) is 0. The van der Waals surface area contributed by atoms with Gasteiger partial charge in [-0.1, -0.05) is 0 Å². The van der Waals surface area contributed by atoms with Crippen LogP contribution in [0.5, 0.6) is 0 Å². The average Bonchev–Trinajstić information content (AvgIpc) is 3.00. The van der Waals surface area contributed by atoms with Crippen molar-refractivity contribution in [3.05, 3.63) is 0 Å². The van der Waals surface area contributed by atoms with Crippen LogP contribution in [0.2, 0.25) is 0 Å². The molecule has 2 aliphatic heterocycles. The Hall–Kier alpha value is -1.10. The molecule has 0 bridgehead atoms. The molecule has 1 amide bonds. The van der Waals surface area contributed by atoms with Crippen LogP contribution >= 0.6 is 0 Å². The molecule has 0 spiro atoms. The van der Waals surface area contributed by atoms with E-state index in [1.165, 1.54) is 0 Å². The molecule has 2 fully saturated rings. The summed E-state index contributed by atoms with van der Waals surface area (Å²) < 4.78 is 5.07. The van der Waals surface area contributed by atoms with Gasteiger partial charge in [0.05, 0.1) is 18.6 Å². The van der Waals surface area contributed by atoms with Gasteiger partial charge in [-0.05, 0) is 52.6 Å². The van der Waals surface area contributed by atoms with Crippen LogP contribution in [0.25, 0.3) is 0 Å². The van der Waals surface area contributed by atoms with E-state index in [0.29, 0.717) is 6.61 Å². The first-order valence-corrected chi connectivity index (χ1v) is 7.83. The maximum atomic E-state index is 12.4. The lowest BCUT2D eigenvalue weighted by atomic mass is 9.96. The molecular formula is C15H26N2O3. The fourth-order valence-corrected chi connectivity index (χ4v) is 3.14. The molecule has 2 rings (SSSR count). The number of carbonyl (C=O) groups excluding carboxylic acids is 2. The summed E-state index contributed by atoms with van der Waals surface area (Å²) in [6, 6.07) is -0.0590. The van der Waals surface area contributed by atoms with Gasteiger partial charge in [0, 0.05) is 13.1 Å². The number of hydrogen-bond acceptors (Lipinski definition) is 4. The first-order chi connectivity index (χ1) is 9.63. The van der Waals surface area contributed by atoms with E-state index in [1.54, 1.807) is 0 Å². The van der Waals surface area contributed by atoms with E-state index in [2.05, 4.69) is 4.90 Å². The highest BCUT2D eigenvalue weighted by atomic mass is 16.5. The number of likely N-dealkylation sites (tertiary alicyclic amines) is 2. The summed E-state index contributed by atoms with van der Waals surface area (Å²) in [6.07, 6.45) is 3.86. The van der Waals surface area contributed by atoms with Crippen molar-refractivity contribution in [3.63, 3.8) is 0 Å². The van der Waals surface area contributed by atoms with E-state index in [0.717, 1.165) is 51.9 Å². The Morgan fingerprint density at radius 3 is 2.30 bits per heavy atom. The van der Waals surface area contributed by atoms with Gasteiger partial charge in [-0.25, -0.2) is 0 Å². The van der Waals surface area contributed by atoms with Gasteiger partial charge in [0.15, 0.2) is 0 Å². The third-order valence-corrected chi connectivity index (χ3v) is 4.47. The van der Waals surface area contributed by atoms with Crippen molar-refractivity contribution in [3.8, 4) is 0 Å². The molecule has 0 aromatic carbocycles. The Morgan fingerprint density at radius 1 is 1.15 bits per heavy atom. The first-order valence-electron chi connectivity index (χ1n) is 7.83. The number of ether oxygens (including phenoxy) is 1. The van der Waals surface area contributed by atoms with Crippen LogP contribution in [-0.4, -0.2) is 60.5 Å². The number of rotatable bonds is 4. The predicted molar refractivity (Wildman–Crippen MR) is 76.2 cm³/mol. The van der Waals surface area contributed by atoms with E-state index in [9.17, 15) is 9.59 Å². The Morgan fingerprint density at radius 2 is 1.75 bits per heavy atom. The summed E-state index contributed by atoms with van der Waals surface area (Å²) in [5.74, 6) is 0.183. The molecule has 1 atom stereocenters. The van der Waals surface area contributed by atoms with Gasteiger partial charge < -0.3 is 9.64 Å². The predicted octanol–water partition coefficient (Wildman–Crippen LogP) is 1.27. The van der Waals surface area contributed by atoms with Crippen LogP contribution in [0.15, 0.2) is 0 Å². The van der Waals surface area contributed by atoms with E-state index >= 15 is 0 Å². The number of carbonyl (C=O) groups is 2. The summed E-state index contributed by atoms with van der Waals surface area (Å²) in [6.45, 7) is 7.71. The zero-order valence-electron chi connectivity index (χ0n) is 12.6. The number of piperidine rings is 1. The molecule has 0 radical (unpaired) electrons. The number of nitrogens with zero attached hydrogens (tertiary/aromatic N) is 2. The highest BCUT2D eigenvalue weighted by Crippen LogP contribution is 2.21. The number of hydrogen-bond donors (Lipinski definition) is 0. The lowest BCUT2D eigenvalue weighted by Crippen LogP contribution is -2.49. The molecule has 2 saturated heterocycles. The lowest BCUT2D eigenvalue weighted by molar-refractivity contribution is -0.150. The maximum absolute atomic E-state index is 12.4. The molecular weight excluding hydrogens is 256 g/mol. The maximum Gasteiger partial charge on any atom is 0.309 e. The van der Waals surface area contributed by atoms with Gasteiger partial charge in [-0.15, -0.1) is 0 Å². The van der Waals surface area contributed by atoms with Crippen molar-refractivity contribution in [1.82, 2.24) is 9.80 Å². The summed E-state index contributed by atoms with van der Waals surface area (Å²) in [7, 11) is 0. The quantitative estimate of drug-likeness (QED) is 0.729. The van der Waals surface area contributed by atoms with Gasteiger partial charge in [-0.2, -0.15) is 0 Å². The van der Waals surface area contributed by atoms with Gasteiger partial charge in [0.2, 0.25) is 5.91 Å². The molecule has 1 unspecified atom stereocenters. The second-order valence-corrected chi connectivity index (χ2v) is 5.77. The lowest BCUT2D eigenvalue weighted by Gasteiger charge is -2.35. The highest BCUT2D eigenvalue weighted by molar-refractivity contribution is 5.81. The Bertz CT molecular complexity index is 345. The molecule has 0 aromatic heterocycles. The van der Waals surface area contributed by atoms with Gasteiger partial charge >= 0.3 is 5.97 Å². The molecule has 5 heteroatoms. The van der Waals surface area contributed by atoms with Crippen molar-refractivity contribution in [2.24, 2.45) is 5.92 Å². The summed E-state index contributed by atoms with van der Waals surface area (Å²) in [4.78, 5) is 28.2. The van der Waals surface area contributed by atoms with Crippen molar-refractivity contribution in [1.29, 1.82) is 0 Å². The standard InChI is InChI=1S/C15H26N2O3/c1-3-20-15(19)13-6-10-16(11-7-13)12(2)14(18)17-8-4-5-9-17/h12-13H,3-11H2,1-2H3. The van der Waals surface area contributed by atoms with Crippen molar-refractivity contribution < 1.29 is 14.3 Å². The summed E-state index contributed by atoms with van der Waals surface area (Å²) >= 11 is 0. The molecule has 20 heavy (non-hydrogen) atoms. The zero-order valence-corrected chi connectivity index (χ0v) is 12.6. The van der Waals surface area contributed by atoms with Crippen molar-refractivity contribution in [2.45, 2.75) is 45.6 Å². The van der Waals surface area contributed by atoms with E-state index < -0.39 is 0 Å². The molecule has 0 N–H and O–H groups in total. The smallest absolute Gasteiger partial charge is 0.309 e. The topological polar surface area (TPSA) is 49.9 Å². The van der Waals surface area contributed by atoms with E-state index in [1.807, 2.05) is 18.7 Å². The minimum atomic E-state index is -0.0781. The summed E-state index contributed by atoms with van der Waals surface area (Å²) in [5.41, 5.74) is 0. The van der Waals surface area contributed by atoms with E-state index in [-0.39, 0.29) is 23.8 Å². The van der Waals surface area contributed by atoms with Crippen LogP contribution in [0, 0.1) is 5.92 Å². The zero-order chi connectivity index (χ0) is 14.5. The van der Waals surface area contributed by atoms with Crippen LogP contribution in [0.3, 0.4) is 0 Å². The van der Waals surface area contributed by atoms with Gasteiger partial charge in [-0.3, -0.25) is 14.5 Å². The molecule has 2 heterocycles. The van der Waals surface area contributed by atoms with Crippen LogP contribution < -0.4 is 0 Å². The SMILES string of the molecule is CCOC(=O)C1CCN(C(C)C(=O)N2CCCC2)CC1. The highest BCUT2D eigenvalue weighted by Gasteiger charge is 2.32. The molecule has 5 nitrogen and oxygen atoms in total. The Balaban J connectivity index is 1.80. The van der Waals surface area contributed by atoms with E-state index in [4.69, 9.17) is 4.74 Å². The fourth-order valence-electron chi connectivity index (χ4n) is 3.14.